The topological polar surface area (TPSA) is 61.7 Å². The second-order valence-electron chi connectivity index (χ2n) is 7.13. The van der Waals surface area contributed by atoms with Gasteiger partial charge in [0.05, 0.1) is 17.8 Å². The van der Waals surface area contributed by atoms with Crippen LogP contribution in [-0.2, 0) is 11.8 Å². The molecule has 2 fully saturated rings. The van der Waals surface area contributed by atoms with E-state index in [-0.39, 0.29) is 17.4 Å². The average Bonchev–Trinajstić information content (AvgIpc) is 2.64. The number of hydrogen-bond acceptors (Lipinski definition) is 5. The Labute approximate surface area is 149 Å². The normalized spacial score (nSPS) is 22.2. The van der Waals surface area contributed by atoms with Crippen molar-refractivity contribution in [1.29, 1.82) is 0 Å². The maximum Gasteiger partial charge on any atom is 0.268 e. The lowest BCUT2D eigenvalue weighted by Crippen LogP contribution is -2.52. The molecule has 0 N–H and O–H groups in total. The number of rotatable bonds is 4. The molecule has 2 aliphatic rings. The summed E-state index contributed by atoms with van der Waals surface area (Å²) in [6.07, 6.45) is 4.79. The van der Waals surface area contributed by atoms with E-state index in [9.17, 15) is 9.59 Å². The summed E-state index contributed by atoms with van der Waals surface area (Å²) in [7, 11) is 1.65. The Bertz CT molecular complexity index is 651. The minimum Gasteiger partial charge on any atom is -0.369 e. The van der Waals surface area contributed by atoms with Crippen LogP contribution >= 0.6 is 0 Å². The van der Waals surface area contributed by atoms with Crippen LogP contribution in [-0.4, -0.2) is 71.3 Å². The molecule has 0 aromatic carbocycles. The van der Waals surface area contributed by atoms with Gasteiger partial charge in [0.2, 0.25) is 5.91 Å². The highest BCUT2D eigenvalue weighted by molar-refractivity contribution is 5.80. The van der Waals surface area contributed by atoms with Gasteiger partial charge in [-0.25, -0.2) is 4.68 Å². The first-order chi connectivity index (χ1) is 12.1. The van der Waals surface area contributed by atoms with E-state index in [0.29, 0.717) is 6.54 Å². The summed E-state index contributed by atoms with van der Waals surface area (Å²) in [6.45, 7) is 8.51. The number of anilines is 1. The van der Waals surface area contributed by atoms with Gasteiger partial charge >= 0.3 is 0 Å². The van der Waals surface area contributed by atoms with Crippen molar-refractivity contribution in [2.24, 2.45) is 13.0 Å². The quantitative estimate of drug-likeness (QED) is 0.796. The van der Waals surface area contributed by atoms with Gasteiger partial charge in [-0.3, -0.25) is 14.5 Å². The number of nitrogens with zero attached hydrogens (tertiary/aromatic N) is 5. The van der Waals surface area contributed by atoms with Crippen LogP contribution in [0.3, 0.4) is 0 Å². The number of piperidine rings is 1. The van der Waals surface area contributed by atoms with Gasteiger partial charge in [0.15, 0.2) is 0 Å². The van der Waals surface area contributed by atoms with Crippen LogP contribution in [0.25, 0.3) is 0 Å². The SMILES string of the molecule is CCCN1CCN(C(=O)[C@H]2CCCN(c3cnn(C)c(=O)c3)C2)CC1. The number of carbonyl (C=O) groups is 1. The third-order valence-electron chi connectivity index (χ3n) is 5.31. The van der Waals surface area contributed by atoms with E-state index in [0.717, 1.165) is 64.2 Å². The second-order valence-corrected chi connectivity index (χ2v) is 7.13. The van der Waals surface area contributed by atoms with E-state index >= 15 is 0 Å². The van der Waals surface area contributed by atoms with Crippen LogP contribution in [0.1, 0.15) is 26.2 Å². The second kappa shape index (κ2) is 7.99. The summed E-state index contributed by atoms with van der Waals surface area (Å²) in [6, 6.07) is 1.61. The molecule has 7 heteroatoms. The molecule has 138 valence electrons. The molecule has 25 heavy (non-hydrogen) atoms. The molecule has 0 radical (unpaired) electrons. The maximum absolute atomic E-state index is 12.9. The largest absolute Gasteiger partial charge is 0.369 e. The predicted octanol–water partition coefficient (Wildman–Crippen LogP) is 0.551. The number of amides is 1. The van der Waals surface area contributed by atoms with Crippen LogP contribution < -0.4 is 10.5 Å². The van der Waals surface area contributed by atoms with E-state index in [1.807, 2.05) is 4.90 Å². The van der Waals surface area contributed by atoms with E-state index in [1.54, 1.807) is 19.3 Å². The van der Waals surface area contributed by atoms with Crippen molar-refractivity contribution in [3.8, 4) is 0 Å². The molecule has 0 spiro atoms. The molecule has 7 nitrogen and oxygen atoms in total. The minimum atomic E-state index is -0.113. The van der Waals surface area contributed by atoms with Crippen LogP contribution in [0.2, 0.25) is 0 Å². The molecule has 3 rings (SSSR count). The number of carbonyl (C=O) groups excluding carboxylic acids is 1. The third kappa shape index (κ3) is 4.21. The third-order valence-corrected chi connectivity index (χ3v) is 5.31. The Kier molecular flexibility index (Phi) is 5.73. The molecule has 2 saturated heterocycles. The monoisotopic (exact) mass is 347 g/mol. The van der Waals surface area contributed by atoms with Crippen molar-refractivity contribution >= 4 is 11.6 Å². The smallest absolute Gasteiger partial charge is 0.268 e. The zero-order chi connectivity index (χ0) is 17.8. The Morgan fingerprint density at radius 3 is 2.68 bits per heavy atom. The molecule has 1 aromatic heterocycles. The highest BCUT2D eigenvalue weighted by Gasteiger charge is 2.31. The van der Waals surface area contributed by atoms with Gasteiger partial charge in [0.25, 0.3) is 5.56 Å². The lowest BCUT2D eigenvalue weighted by Gasteiger charge is -2.39. The first-order valence-electron chi connectivity index (χ1n) is 9.38. The van der Waals surface area contributed by atoms with Crippen molar-refractivity contribution in [3.05, 3.63) is 22.6 Å². The zero-order valence-electron chi connectivity index (χ0n) is 15.4. The molecular weight excluding hydrogens is 318 g/mol. The zero-order valence-corrected chi connectivity index (χ0v) is 15.4. The summed E-state index contributed by atoms with van der Waals surface area (Å²) in [5.41, 5.74) is 0.714. The van der Waals surface area contributed by atoms with E-state index in [4.69, 9.17) is 0 Å². The summed E-state index contributed by atoms with van der Waals surface area (Å²) in [4.78, 5) is 31.3. The van der Waals surface area contributed by atoms with Gasteiger partial charge in [-0.05, 0) is 25.8 Å². The van der Waals surface area contributed by atoms with E-state index in [1.165, 1.54) is 4.68 Å². The van der Waals surface area contributed by atoms with Crippen LogP contribution in [0.15, 0.2) is 17.1 Å². The van der Waals surface area contributed by atoms with Crippen molar-refractivity contribution in [1.82, 2.24) is 19.6 Å². The number of hydrogen-bond donors (Lipinski definition) is 0. The highest BCUT2D eigenvalue weighted by Crippen LogP contribution is 2.23. The van der Waals surface area contributed by atoms with Crippen molar-refractivity contribution in [2.45, 2.75) is 26.2 Å². The molecule has 3 heterocycles. The van der Waals surface area contributed by atoms with Gasteiger partial charge in [-0.1, -0.05) is 6.92 Å². The van der Waals surface area contributed by atoms with E-state index in [2.05, 4.69) is 21.8 Å². The first kappa shape index (κ1) is 17.9. The van der Waals surface area contributed by atoms with Gasteiger partial charge < -0.3 is 9.80 Å². The number of aryl methyl sites for hydroxylation is 1. The standard InChI is InChI=1S/C18H29N5O2/c1-3-6-21-8-10-22(11-9-21)18(25)15-5-4-7-23(14-15)16-12-17(24)20(2)19-13-16/h12-13,15H,3-11,14H2,1-2H3/t15-/m0/s1. The molecule has 0 bridgehead atoms. The number of piperazine rings is 1. The molecule has 1 atom stereocenters. The Hall–Kier alpha value is -1.89. The highest BCUT2D eigenvalue weighted by atomic mass is 16.2. The minimum absolute atomic E-state index is 0.0236. The lowest BCUT2D eigenvalue weighted by atomic mass is 9.96. The molecule has 1 amide bonds. The number of aromatic nitrogens is 2. The fourth-order valence-electron chi connectivity index (χ4n) is 3.81. The Balaban J connectivity index is 1.60. The van der Waals surface area contributed by atoms with Crippen LogP contribution in [0.5, 0.6) is 0 Å². The van der Waals surface area contributed by atoms with Crippen molar-refractivity contribution in [2.75, 3.05) is 50.7 Å². The lowest BCUT2D eigenvalue weighted by molar-refractivity contribution is -0.137. The summed E-state index contributed by atoms with van der Waals surface area (Å²) in [5.74, 6) is 0.299. The van der Waals surface area contributed by atoms with Crippen molar-refractivity contribution < 1.29 is 4.79 Å². The van der Waals surface area contributed by atoms with E-state index < -0.39 is 0 Å². The fourth-order valence-corrected chi connectivity index (χ4v) is 3.81. The predicted molar refractivity (Wildman–Crippen MR) is 97.7 cm³/mol. The van der Waals surface area contributed by atoms with Gasteiger partial charge in [0, 0.05) is 52.4 Å². The summed E-state index contributed by atoms with van der Waals surface area (Å²) in [5, 5.41) is 4.10. The average molecular weight is 347 g/mol. The summed E-state index contributed by atoms with van der Waals surface area (Å²) >= 11 is 0. The van der Waals surface area contributed by atoms with Gasteiger partial charge in [-0.2, -0.15) is 5.10 Å². The fraction of sp³-hybridized carbons (Fsp3) is 0.722. The van der Waals surface area contributed by atoms with Crippen LogP contribution in [0, 0.1) is 5.92 Å². The van der Waals surface area contributed by atoms with Crippen molar-refractivity contribution in [3.63, 3.8) is 0 Å². The van der Waals surface area contributed by atoms with Crippen LogP contribution in [0.4, 0.5) is 5.69 Å². The molecule has 0 unspecified atom stereocenters. The Morgan fingerprint density at radius 1 is 1.24 bits per heavy atom. The Morgan fingerprint density at radius 2 is 2.00 bits per heavy atom. The maximum atomic E-state index is 12.9. The summed E-state index contributed by atoms with van der Waals surface area (Å²) < 4.78 is 1.33. The molecule has 2 aliphatic heterocycles. The molecule has 0 saturated carbocycles. The molecule has 0 aliphatic carbocycles. The molecule has 1 aromatic rings. The first-order valence-corrected chi connectivity index (χ1v) is 9.38. The molecular formula is C18H29N5O2. The van der Waals surface area contributed by atoms with Gasteiger partial charge in [0.1, 0.15) is 0 Å². The van der Waals surface area contributed by atoms with Gasteiger partial charge in [-0.15, -0.1) is 0 Å².